The number of amides is 1. The molecule has 0 fully saturated rings. The van der Waals surface area contributed by atoms with Crippen LogP contribution in [0.5, 0.6) is 0 Å². The first kappa shape index (κ1) is 20.7. The number of carbonyl (C=O) groups excluding carboxylic acids is 1. The molecule has 0 saturated heterocycles. The van der Waals surface area contributed by atoms with Gasteiger partial charge in [0.1, 0.15) is 0 Å². The average Bonchev–Trinajstić information content (AvgIpc) is 2.46. The zero-order valence-corrected chi connectivity index (χ0v) is 15.9. The molecule has 1 amide bonds. The van der Waals surface area contributed by atoms with Gasteiger partial charge in [0, 0.05) is 25.7 Å². The highest BCUT2D eigenvalue weighted by Crippen LogP contribution is 2.04. The molecule has 0 atom stereocenters. The Labute approximate surface area is 150 Å². The molecule has 0 spiro atoms. The van der Waals surface area contributed by atoms with Gasteiger partial charge in [-0.2, -0.15) is 0 Å². The first-order valence-electron chi connectivity index (χ1n) is 7.36. The van der Waals surface area contributed by atoms with Crippen LogP contribution in [0.3, 0.4) is 0 Å². The number of halogens is 1. The van der Waals surface area contributed by atoms with Crippen molar-refractivity contribution < 1.29 is 4.79 Å². The van der Waals surface area contributed by atoms with E-state index in [1.165, 1.54) is 6.42 Å². The van der Waals surface area contributed by atoms with E-state index < -0.39 is 5.91 Å². The summed E-state index contributed by atoms with van der Waals surface area (Å²) in [6, 6.07) is 7.29. The second kappa shape index (κ2) is 11.3. The highest BCUT2D eigenvalue weighted by Gasteiger charge is 2.02. The van der Waals surface area contributed by atoms with E-state index in [1.54, 1.807) is 19.2 Å². The number of hydrogen-bond acceptors (Lipinski definition) is 2. The molecule has 22 heavy (non-hydrogen) atoms. The molecule has 0 saturated carbocycles. The SMILES string of the molecule is CN=C(NCCCC(C)C)NCc1cccc(C(N)=O)c1.I. The van der Waals surface area contributed by atoms with Crippen LogP contribution in [0, 0.1) is 5.92 Å². The summed E-state index contributed by atoms with van der Waals surface area (Å²) < 4.78 is 0. The number of aliphatic imine (C=N–C) groups is 1. The standard InChI is InChI=1S/C16H26N4O.HI/c1-12(2)6-5-9-19-16(18-3)20-11-13-7-4-8-14(10-13)15(17)21;/h4,7-8,10,12H,5-6,9,11H2,1-3H3,(H2,17,21)(H2,18,19,20);1H. The van der Waals surface area contributed by atoms with Crippen molar-refractivity contribution in [3.8, 4) is 0 Å². The summed E-state index contributed by atoms with van der Waals surface area (Å²) in [4.78, 5) is 15.3. The highest BCUT2D eigenvalue weighted by molar-refractivity contribution is 14.0. The lowest BCUT2D eigenvalue weighted by Crippen LogP contribution is -2.37. The zero-order chi connectivity index (χ0) is 15.7. The van der Waals surface area contributed by atoms with E-state index in [9.17, 15) is 4.79 Å². The summed E-state index contributed by atoms with van der Waals surface area (Å²) in [5.74, 6) is 1.08. The maximum absolute atomic E-state index is 11.1. The van der Waals surface area contributed by atoms with Crippen molar-refractivity contribution in [1.29, 1.82) is 0 Å². The van der Waals surface area contributed by atoms with Crippen LogP contribution < -0.4 is 16.4 Å². The van der Waals surface area contributed by atoms with Gasteiger partial charge in [0.15, 0.2) is 5.96 Å². The van der Waals surface area contributed by atoms with Crippen molar-refractivity contribution in [3.63, 3.8) is 0 Å². The number of primary amides is 1. The number of nitrogens with zero attached hydrogens (tertiary/aromatic N) is 1. The second-order valence-electron chi connectivity index (χ2n) is 5.45. The van der Waals surface area contributed by atoms with Gasteiger partial charge in [-0.05, 0) is 36.5 Å². The molecule has 0 aromatic heterocycles. The van der Waals surface area contributed by atoms with Crippen LogP contribution >= 0.6 is 24.0 Å². The quantitative estimate of drug-likeness (QED) is 0.276. The van der Waals surface area contributed by atoms with Gasteiger partial charge in [0.2, 0.25) is 5.91 Å². The Morgan fingerprint density at radius 2 is 2.05 bits per heavy atom. The summed E-state index contributed by atoms with van der Waals surface area (Å²) >= 11 is 0. The van der Waals surface area contributed by atoms with Crippen molar-refractivity contribution in [3.05, 3.63) is 35.4 Å². The molecular weight excluding hydrogens is 391 g/mol. The van der Waals surface area contributed by atoms with E-state index in [0.29, 0.717) is 12.1 Å². The van der Waals surface area contributed by atoms with Crippen LogP contribution in [0.1, 0.15) is 42.6 Å². The summed E-state index contributed by atoms with van der Waals surface area (Å²) in [7, 11) is 1.75. The van der Waals surface area contributed by atoms with E-state index in [2.05, 4.69) is 29.5 Å². The lowest BCUT2D eigenvalue weighted by molar-refractivity contribution is 0.1000. The molecule has 0 heterocycles. The van der Waals surface area contributed by atoms with E-state index >= 15 is 0 Å². The number of nitrogens with two attached hydrogens (primary N) is 1. The van der Waals surface area contributed by atoms with Crippen molar-refractivity contribution in [2.75, 3.05) is 13.6 Å². The largest absolute Gasteiger partial charge is 0.366 e. The molecule has 0 radical (unpaired) electrons. The first-order chi connectivity index (χ1) is 10.0. The van der Waals surface area contributed by atoms with E-state index in [0.717, 1.165) is 30.4 Å². The molecule has 124 valence electrons. The summed E-state index contributed by atoms with van der Waals surface area (Å²) in [6.45, 7) is 5.95. The number of guanidine groups is 1. The number of rotatable bonds is 7. The van der Waals surface area contributed by atoms with E-state index in [4.69, 9.17) is 5.73 Å². The third kappa shape index (κ3) is 8.21. The normalized spacial score (nSPS) is 11.0. The minimum Gasteiger partial charge on any atom is -0.366 e. The fourth-order valence-corrected chi connectivity index (χ4v) is 1.96. The predicted molar refractivity (Wildman–Crippen MR) is 103 cm³/mol. The average molecular weight is 418 g/mol. The molecule has 5 nitrogen and oxygen atoms in total. The van der Waals surface area contributed by atoms with Gasteiger partial charge in [-0.25, -0.2) is 0 Å². The first-order valence-corrected chi connectivity index (χ1v) is 7.36. The Balaban J connectivity index is 0.00000441. The molecule has 0 aliphatic heterocycles. The topological polar surface area (TPSA) is 79.5 Å². The molecule has 6 heteroatoms. The smallest absolute Gasteiger partial charge is 0.248 e. The monoisotopic (exact) mass is 418 g/mol. The molecule has 1 aromatic rings. The van der Waals surface area contributed by atoms with Crippen molar-refractivity contribution >= 4 is 35.8 Å². The lowest BCUT2D eigenvalue weighted by atomic mass is 10.1. The summed E-state index contributed by atoms with van der Waals surface area (Å²) in [6.07, 6.45) is 2.32. The predicted octanol–water partition coefficient (Wildman–Crippen LogP) is 2.50. The molecule has 0 unspecified atom stereocenters. The van der Waals surface area contributed by atoms with Gasteiger partial charge in [0.05, 0.1) is 0 Å². The Morgan fingerprint density at radius 1 is 1.32 bits per heavy atom. The molecule has 1 aromatic carbocycles. The molecule has 0 aliphatic carbocycles. The Morgan fingerprint density at radius 3 is 2.64 bits per heavy atom. The number of benzene rings is 1. The maximum Gasteiger partial charge on any atom is 0.248 e. The Bertz CT molecular complexity index is 489. The van der Waals surface area contributed by atoms with Crippen molar-refractivity contribution in [2.45, 2.75) is 33.2 Å². The zero-order valence-electron chi connectivity index (χ0n) is 13.6. The van der Waals surface area contributed by atoms with Crippen LogP contribution in [0.25, 0.3) is 0 Å². The minimum absolute atomic E-state index is 0. The van der Waals surface area contributed by atoms with Crippen LogP contribution in [-0.2, 0) is 6.54 Å². The molecule has 0 aliphatic rings. The van der Waals surface area contributed by atoms with Gasteiger partial charge in [-0.15, -0.1) is 24.0 Å². The van der Waals surface area contributed by atoms with Gasteiger partial charge in [-0.1, -0.05) is 26.0 Å². The van der Waals surface area contributed by atoms with E-state index in [1.807, 2.05) is 12.1 Å². The molecular formula is C16H27IN4O. The number of carbonyl (C=O) groups is 1. The van der Waals surface area contributed by atoms with Gasteiger partial charge in [-0.3, -0.25) is 9.79 Å². The van der Waals surface area contributed by atoms with Crippen molar-refractivity contribution in [2.24, 2.45) is 16.6 Å². The van der Waals surface area contributed by atoms with Gasteiger partial charge < -0.3 is 16.4 Å². The van der Waals surface area contributed by atoms with Crippen LogP contribution in [0.2, 0.25) is 0 Å². The minimum atomic E-state index is -0.409. The third-order valence-electron chi connectivity index (χ3n) is 3.15. The summed E-state index contributed by atoms with van der Waals surface area (Å²) in [5.41, 5.74) is 6.79. The maximum atomic E-state index is 11.1. The second-order valence-corrected chi connectivity index (χ2v) is 5.45. The fourth-order valence-electron chi connectivity index (χ4n) is 1.96. The summed E-state index contributed by atoms with van der Waals surface area (Å²) in [5, 5.41) is 6.51. The van der Waals surface area contributed by atoms with Crippen LogP contribution in [-0.4, -0.2) is 25.5 Å². The van der Waals surface area contributed by atoms with Crippen molar-refractivity contribution in [1.82, 2.24) is 10.6 Å². The van der Waals surface area contributed by atoms with Crippen LogP contribution in [0.15, 0.2) is 29.3 Å². The van der Waals surface area contributed by atoms with Gasteiger partial charge in [0.25, 0.3) is 0 Å². The fraction of sp³-hybridized carbons (Fsp3) is 0.500. The Kier molecular flexibility index (Phi) is 10.6. The molecule has 4 N–H and O–H groups in total. The Hall–Kier alpha value is -1.31. The highest BCUT2D eigenvalue weighted by atomic mass is 127. The van der Waals surface area contributed by atoms with Crippen LogP contribution in [0.4, 0.5) is 0 Å². The molecule has 1 rings (SSSR count). The third-order valence-corrected chi connectivity index (χ3v) is 3.15. The van der Waals surface area contributed by atoms with E-state index in [-0.39, 0.29) is 24.0 Å². The lowest BCUT2D eigenvalue weighted by Gasteiger charge is -2.12. The van der Waals surface area contributed by atoms with Gasteiger partial charge >= 0.3 is 0 Å². The molecule has 0 bridgehead atoms. The number of hydrogen-bond donors (Lipinski definition) is 3. The number of nitrogens with one attached hydrogen (secondary N) is 2.